The minimum Gasteiger partial charge on any atom is -0.460 e. The molecule has 38 heavy (non-hydrogen) atoms. The van der Waals surface area contributed by atoms with Crippen LogP contribution in [0.5, 0.6) is 0 Å². The van der Waals surface area contributed by atoms with Gasteiger partial charge in [0.1, 0.15) is 5.60 Å². The number of amides is 1. The molecule has 4 nitrogen and oxygen atoms in total. The first-order chi connectivity index (χ1) is 17.7. The van der Waals surface area contributed by atoms with Gasteiger partial charge in [-0.05, 0) is 93.0 Å². The first kappa shape index (κ1) is 28.5. The third kappa shape index (κ3) is 6.90. The minimum absolute atomic E-state index is 0.119. The molecule has 2 aliphatic rings. The van der Waals surface area contributed by atoms with E-state index in [1.54, 1.807) is 12.1 Å². The molecule has 3 atom stereocenters. The number of ether oxygens (including phenoxy) is 1. The molecule has 0 heterocycles. The first-order valence-corrected chi connectivity index (χ1v) is 13.6. The van der Waals surface area contributed by atoms with Crippen LogP contribution in [0.25, 0.3) is 0 Å². The lowest BCUT2D eigenvalue weighted by Crippen LogP contribution is -2.41. The SMILES string of the molecule is CC(C(C(=O)Nc1cc(C(CC(=O)OC(C)(C)C)C2CC2)ccc1Cl)C1Cc2ccccc2C1)C(F)(F)F. The molecule has 2 aromatic rings. The molecule has 0 saturated heterocycles. The van der Waals surface area contributed by atoms with Crippen molar-refractivity contribution in [1.82, 2.24) is 0 Å². The summed E-state index contributed by atoms with van der Waals surface area (Å²) in [5.74, 6) is -4.39. The van der Waals surface area contributed by atoms with Gasteiger partial charge in [0.2, 0.25) is 5.91 Å². The summed E-state index contributed by atoms with van der Waals surface area (Å²) in [4.78, 5) is 26.1. The van der Waals surface area contributed by atoms with Crippen LogP contribution in [-0.2, 0) is 27.2 Å². The number of fused-ring (bicyclic) bond motifs is 1. The topological polar surface area (TPSA) is 55.4 Å². The fraction of sp³-hybridized carbons (Fsp3) is 0.533. The molecule has 206 valence electrons. The van der Waals surface area contributed by atoms with E-state index < -0.39 is 35.4 Å². The van der Waals surface area contributed by atoms with E-state index in [0.717, 1.165) is 36.5 Å². The van der Waals surface area contributed by atoms with Crippen molar-refractivity contribution in [1.29, 1.82) is 0 Å². The van der Waals surface area contributed by atoms with Crippen molar-refractivity contribution < 1.29 is 27.5 Å². The molecule has 1 saturated carbocycles. The lowest BCUT2D eigenvalue weighted by Gasteiger charge is -2.30. The molecular weight excluding hydrogens is 515 g/mol. The zero-order chi connectivity index (χ0) is 27.8. The van der Waals surface area contributed by atoms with Crippen molar-refractivity contribution >= 4 is 29.2 Å². The van der Waals surface area contributed by atoms with Gasteiger partial charge < -0.3 is 10.1 Å². The monoisotopic (exact) mass is 549 g/mol. The lowest BCUT2D eigenvalue weighted by molar-refractivity contribution is -0.190. The average Bonchev–Trinajstić information content (AvgIpc) is 3.56. The molecule has 0 aliphatic heterocycles. The highest BCUT2D eigenvalue weighted by atomic mass is 35.5. The Hall–Kier alpha value is -2.54. The van der Waals surface area contributed by atoms with Crippen molar-refractivity contribution in [3.8, 4) is 0 Å². The second-order valence-corrected chi connectivity index (χ2v) is 12.2. The fourth-order valence-electron chi connectivity index (χ4n) is 5.60. The molecule has 1 N–H and O–H groups in total. The van der Waals surface area contributed by atoms with Crippen molar-refractivity contribution in [3.63, 3.8) is 0 Å². The van der Waals surface area contributed by atoms with Gasteiger partial charge in [-0.15, -0.1) is 0 Å². The number of alkyl halides is 3. The van der Waals surface area contributed by atoms with Gasteiger partial charge in [0.05, 0.1) is 29.0 Å². The second-order valence-electron chi connectivity index (χ2n) is 11.8. The van der Waals surface area contributed by atoms with Crippen LogP contribution >= 0.6 is 11.6 Å². The van der Waals surface area contributed by atoms with Crippen LogP contribution in [0.3, 0.4) is 0 Å². The number of benzene rings is 2. The highest BCUT2D eigenvalue weighted by molar-refractivity contribution is 6.33. The molecule has 8 heteroatoms. The summed E-state index contributed by atoms with van der Waals surface area (Å²) in [6, 6.07) is 12.7. The molecule has 0 radical (unpaired) electrons. The number of carbonyl (C=O) groups excluding carboxylic acids is 2. The maximum absolute atomic E-state index is 13.9. The number of halogens is 4. The molecule has 0 spiro atoms. The summed E-state index contributed by atoms with van der Waals surface area (Å²) in [7, 11) is 0. The molecule has 1 amide bonds. The number of hydrogen-bond donors (Lipinski definition) is 1. The van der Waals surface area contributed by atoms with E-state index in [4.69, 9.17) is 16.3 Å². The Morgan fingerprint density at radius 1 is 1.03 bits per heavy atom. The maximum atomic E-state index is 13.9. The van der Waals surface area contributed by atoms with Crippen molar-refractivity contribution in [2.45, 2.75) is 77.5 Å². The first-order valence-electron chi connectivity index (χ1n) is 13.2. The molecule has 4 rings (SSSR count). The number of anilines is 1. The van der Waals surface area contributed by atoms with Gasteiger partial charge >= 0.3 is 12.1 Å². The van der Waals surface area contributed by atoms with Crippen molar-refractivity contribution in [2.75, 3.05) is 5.32 Å². The van der Waals surface area contributed by atoms with E-state index >= 15 is 0 Å². The standard InChI is InChI=1S/C30H35ClF3NO3/c1-17(30(32,33)34)27(22-13-19-7-5-6-8-20(19)14-22)28(37)35-25-15-21(11-12-24(25)31)23(18-9-10-18)16-26(36)38-29(2,3)4/h5-8,11-12,15,17-18,22-23,27H,9-10,13-14,16H2,1-4H3,(H,35,37). The highest BCUT2D eigenvalue weighted by Gasteiger charge is 2.48. The second kappa shape index (κ2) is 10.9. The van der Waals surface area contributed by atoms with Gasteiger partial charge in [-0.1, -0.05) is 48.9 Å². The summed E-state index contributed by atoms with van der Waals surface area (Å²) < 4.78 is 47.3. The Balaban J connectivity index is 1.57. The van der Waals surface area contributed by atoms with Crippen LogP contribution in [0.4, 0.5) is 18.9 Å². The normalized spacial score (nSPS) is 18.4. The largest absolute Gasteiger partial charge is 0.460 e. The number of esters is 1. The van der Waals surface area contributed by atoms with E-state index in [0.29, 0.717) is 18.8 Å². The predicted octanol–water partition coefficient (Wildman–Crippen LogP) is 7.73. The maximum Gasteiger partial charge on any atom is 0.392 e. The fourth-order valence-corrected chi connectivity index (χ4v) is 5.77. The van der Waals surface area contributed by atoms with Crippen LogP contribution in [0.2, 0.25) is 5.02 Å². The quantitative estimate of drug-likeness (QED) is 0.343. The van der Waals surface area contributed by atoms with E-state index in [9.17, 15) is 22.8 Å². The van der Waals surface area contributed by atoms with E-state index in [1.165, 1.54) is 0 Å². The van der Waals surface area contributed by atoms with Gasteiger partial charge in [-0.2, -0.15) is 13.2 Å². The molecular formula is C30H35ClF3NO3. The van der Waals surface area contributed by atoms with Gasteiger partial charge in [0.25, 0.3) is 0 Å². The van der Waals surface area contributed by atoms with E-state index in [-0.39, 0.29) is 29.0 Å². The Bertz CT molecular complexity index is 1160. The molecule has 0 bridgehead atoms. The smallest absolute Gasteiger partial charge is 0.392 e. The summed E-state index contributed by atoms with van der Waals surface area (Å²) in [6.45, 7) is 6.52. The number of rotatable bonds is 8. The zero-order valence-electron chi connectivity index (χ0n) is 22.2. The van der Waals surface area contributed by atoms with Crippen LogP contribution in [0.15, 0.2) is 42.5 Å². The minimum atomic E-state index is -4.52. The average molecular weight is 550 g/mol. The van der Waals surface area contributed by atoms with E-state index in [2.05, 4.69) is 5.32 Å². The zero-order valence-corrected chi connectivity index (χ0v) is 23.0. The molecule has 3 unspecified atom stereocenters. The number of carbonyl (C=O) groups is 2. The molecule has 2 aromatic carbocycles. The molecule has 2 aliphatic carbocycles. The summed E-state index contributed by atoms with van der Waals surface area (Å²) in [5, 5.41) is 2.96. The van der Waals surface area contributed by atoms with Gasteiger partial charge in [0, 0.05) is 0 Å². The Labute approximate surface area is 227 Å². The third-order valence-corrected chi connectivity index (χ3v) is 7.95. The van der Waals surface area contributed by atoms with Crippen molar-refractivity contribution in [2.24, 2.45) is 23.7 Å². The van der Waals surface area contributed by atoms with Crippen LogP contribution in [0.1, 0.15) is 69.6 Å². The van der Waals surface area contributed by atoms with Crippen LogP contribution in [0, 0.1) is 23.7 Å². The predicted molar refractivity (Wildman–Crippen MR) is 142 cm³/mol. The van der Waals surface area contributed by atoms with Crippen molar-refractivity contribution in [3.05, 3.63) is 64.2 Å². The Morgan fingerprint density at radius 2 is 1.63 bits per heavy atom. The summed E-state index contributed by atoms with van der Waals surface area (Å²) in [5.41, 5.74) is 2.44. The molecule has 0 aromatic heterocycles. The van der Waals surface area contributed by atoms with Gasteiger partial charge in [0.15, 0.2) is 0 Å². The van der Waals surface area contributed by atoms with Crippen LogP contribution < -0.4 is 5.32 Å². The Kier molecular flexibility index (Phi) is 8.17. The van der Waals surface area contributed by atoms with Crippen LogP contribution in [-0.4, -0.2) is 23.7 Å². The third-order valence-electron chi connectivity index (χ3n) is 7.62. The van der Waals surface area contributed by atoms with Gasteiger partial charge in [-0.25, -0.2) is 0 Å². The number of hydrogen-bond acceptors (Lipinski definition) is 3. The lowest BCUT2D eigenvalue weighted by atomic mass is 9.79. The van der Waals surface area contributed by atoms with Gasteiger partial charge in [-0.3, -0.25) is 9.59 Å². The van der Waals surface area contributed by atoms with E-state index in [1.807, 2.05) is 51.1 Å². The Morgan fingerprint density at radius 3 is 2.16 bits per heavy atom. The summed E-state index contributed by atoms with van der Waals surface area (Å²) >= 11 is 6.41. The number of nitrogens with one attached hydrogen (secondary N) is 1. The molecule has 1 fully saturated rings. The summed E-state index contributed by atoms with van der Waals surface area (Å²) in [6.07, 6.45) is -1.54. The highest BCUT2D eigenvalue weighted by Crippen LogP contribution is 2.46.